The summed E-state index contributed by atoms with van der Waals surface area (Å²) < 4.78 is 1.55. The second-order valence-corrected chi connectivity index (χ2v) is 6.18. The molecule has 0 amide bonds. The number of nitro benzene ring substituents is 1. The quantitative estimate of drug-likeness (QED) is 0.516. The van der Waals surface area contributed by atoms with E-state index >= 15 is 0 Å². The summed E-state index contributed by atoms with van der Waals surface area (Å²) in [6.45, 7) is 0.470. The van der Waals surface area contributed by atoms with Crippen LogP contribution < -0.4 is 10.7 Å². The number of hydrogen-bond acceptors (Lipinski definition) is 6. The Kier molecular flexibility index (Phi) is 3.80. The van der Waals surface area contributed by atoms with E-state index in [0.717, 1.165) is 11.1 Å². The van der Waals surface area contributed by atoms with Crippen molar-refractivity contribution in [1.82, 2.24) is 9.55 Å². The molecule has 2 aromatic carbocycles. The number of non-ortho nitro benzene ring substituents is 1. The summed E-state index contributed by atoms with van der Waals surface area (Å²) in [7, 11) is 0. The Balaban J connectivity index is 1.82. The molecule has 1 aliphatic rings. The van der Waals surface area contributed by atoms with Crippen molar-refractivity contribution in [2.24, 2.45) is 0 Å². The van der Waals surface area contributed by atoms with Gasteiger partial charge in [0, 0.05) is 18.7 Å². The van der Waals surface area contributed by atoms with Crippen LogP contribution in [0, 0.1) is 10.1 Å². The maximum atomic E-state index is 12.7. The highest BCUT2D eigenvalue weighted by Gasteiger charge is 2.21. The molecule has 0 atom stereocenters. The third-order valence-electron chi connectivity index (χ3n) is 4.53. The second kappa shape index (κ2) is 6.17. The molecule has 0 bridgehead atoms. The van der Waals surface area contributed by atoms with Gasteiger partial charge >= 0.3 is 0 Å². The SMILES string of the molecule is O=C([O-])c1ccc2c(=O)n3c(nc2c1)/C(=C/c1ccc([N+](=O)[O-])cc1)CC3. The zero-order valence-corrected chi connectivity index (χ0v) is 13.9. The fraction of sp³-hybridized carbons (Fsp3) is 0.105. The lowest BCUT2D eigenvalue weighted by Crippen LogP contribution is -2.23. The number of fused-ring (bicyclic) bond motifs is 2. The molecule has 27 heavy (non-hydrogen) atoms. The van der Waals surface area contributed by atoms with Crippen LogP contribution in [-0.2, 0) is 6.54 Å². The van der Waals surface area contributed by atoms with Crippen LogP contribution in [0.1, 0.15) is 28.2 Å². The van der Waals surface area contributed by atoms with Crippen molar-refractivity contribution in [2.75, 3.05) is 0 Å². The molecule has 1 aromatic heterocycles. The number of carboxylic acids is 1. The molecule has 1 aliphatic heterocycles. The molecule has 3 aromatic rings. The third kappa shape index (κ3) is 2.86. The Morgan fingerprint density at radius 1 is 1.19 bits per heavy atom. The van der Waals surface area contributed by atoms with Gasteiger partial charge in [-0.1, -0.05) is 6.07 Å². The van der Waals surface area contributed by atoms with E-state index in [-0.39, 0.29) is 16.8 Å². The second-order valence-electron chi connectivity index (χ2n) is 6.18. The maximum Gasteiger partial charge on any atom is 0.269 e. The number of rotatable bonds is 3. The molecule has 8 nitrogen and oxygen atoms in total. The van der Waals surface area contributed by atoms with E-state index in [9.17, 15) is 24.8 Å². The molecule has 0 radical (unpaired) electrons. The third-order valence-corrected chi connectivity index (χ3v) is 4.53. The monoisotopic (exact) mass is 362 g/mol. The van der Waals surface area contributed by atoms with Crippen molar-refractivity contribution in [1.29, 1.82) is 0 Å². The van der Waals surface area contributed by atoms with E-state index in [1.807, 2.05) is 6.08 Å². The average Bonchev–Trinajstić information content (AvgIpc) is 3.05. The molecule has 134 valence electrons. The first-order chi connectivity index (χ1) is 12.9. The lowest BCUT2D eigenvalue weighted by atomic mass is 10.1. The van der Waals surface area contributed by atoms with Crippen molar-refractivity contribution >= 4 is 34.2 Å². The number of aromatic nitrogens is 2. The van der Waals surface area contributed by atoms with E-state index in [0.29, 0.717) is 29.7 Å². The van der Waals surface area contributed by atoms with Crippen molar-refractivity contribution < 1.29 is 14.8 Å². The molecule has 0 saturated carbocycles. The van der Waals surface area contributed by atoms with Gasteiger partial charge in [-0.2, -0.15) is 0 Å². The lowest BCUT2D eigenvalue weighted by molar-refractivity contribution is -0.384. The molecule has 2 heterocycles. The number of nitro groups is 1. The predicted octanol–water partition coefficient (Wildman–Crippen LogP) is 1.61. The fourth-order valence-electron chi connectivity index (χ4n) is 3.17. The summed E-state index contributed by atoms with van der Waals surface area (Å²) in [4.78, 5) is 38.5. The van der Waals surface area contributed by atoms with Crippen LogP contribution in [0.25, 0.3) is 22.6 Å². The lowest BCUT2D eigenvalue weighted by Gasteiger charge is -2.08. The minimum Gasteiger partial charge on any atom is -0.545 e. The molecule has 8 heteroatoms. The predicted molar refractivity (Wildman–Crippen MR) is 95.9 cm³/mol. The highest BCUT2D eigenvalue weighted by molar-refractivity contribution is 5.92. The van der Waals surface area contributed by atoms with E-state index in [1.54, 1.807) is 16.7 Å². The van der Waals surface area contributed by atoms with E-state index in [4.69, 9.17) is 0 Å². The van der Waals surface area contributed by atoms with Gasteiger partial charge in [-0.3, -0.25) is 19.5 Å². The van der Waals surface area contributed by atoms with Crippen LogP contribution in [0.4, 0.5) is 5.69 Å². The van der Waals surface area contributed by atoms with E-state index in [1.165, 1.54) is 30.3 Å². The Bertz CT molecular complexity index is 1190. The average molecular weight is 362 g/mol. The zero-order valence-electron chi connectivity index (χ0n) is 13.9. The molecular formula is C19H12N3O5-. The summed E-state index contributed by atoms with van der Waals surface area (Å²) in [5.74, 6) is -0.859. The van der Waals surface area contributed by atoms with Crippen LogP contribution in [0.2, 0.25) is 0 Å². The summed E-state index contributed by atoms with van der Waals surface area (Å²) >= 11 is 0. The Morgan fingerprint density at radius 2 is 1.93 bits per heavy atom. The molecular weight excluding hydrogens is 350 g/mol. The van der Waals surface area contributed by atoms with Gasteiger partial charge in [0.15, 0.2) is 0 Å². The Morgan fingerprint density at radius 3 is 2.59 bits per heavy atom. The van der Waals surface area contributed by atoms with Crippen LogP contribution in [0.3, 0.4) is 0 Å². The first-order valence-corrected chi connectivity index (χ1v) is 8.15. The number of carboxylic acid groups (broad SMARTS) is 1. The number of nitrogens with zero attached hydrogens (tertiary/aromatic N) is 3. The van der Waals surface area contributed by atoms with Gasteiger partial charge < -0.3 is 9.90 Å². The summed E-state index contributed by atoms with van der Waals surface area (Å²) in [5, 5.41) is 22.2. The first kappa shape index (κ1) is 16.6. The van der Waals surface area contributed by atoms with Crippen LogP contribution in [0.5, 0.6) is 0 Å². The van der Waals surface area contributed by atoms with Crippen LogP contribution in [0.15, 0.2) is 47.3 Å². The van der Waals surface area contributed by atoms with Gasteiger partial charge in [0.05, 0.1) is 21.8 Å². The van der Waals surface area contributed by atoms with Crippen LogP contribution >= 0.6 is 0 Å². The summed E-state index contributed by atoms with van der Waals surface area (Å²) in [5.41, 5.74) is 1.58. The summed E-state index contributed by atoms with van der Waals surface area (Å²) in [6, 6.07) is 10.2. The topological polar surface area (TPSA) is 118 Å². The molecule has 0 unspecified atom stereocenters. The normalized spacial score (nSPS) is 14.4. The van der Waals surface area contributed by atoms with Crippen molar-refractivity contribution in [3.63, 3.8) is 0 Å². The summed E-state index contributed by atoms with van der Waals surface area (Å²) in [6.07, 6.45) is 2.41. The van der Waals surface area contributed by atoms with Crippen molar-refractivity contribution in [2.45, 2.75) is 13.0 Å². The number of carbonyl (C=O) groups is 1. The largest absolute Gasteiger partial charge is 0.545 e. The Hall–Kier alpha value is -3.81. The standard InChI is InChI=1S/C19H13N3O5/c23-18-15-6-3-13(19(24)25)10-16(15)20-17-12(7-8-21(17)18)9-11-1-4-14(5-2-11)22(26)27/h1-6,9-10H,7-8H2,(H,24,25)/p-1/b12-9+. The molecule has 4 rings (SSSR count). The Labute approximate surface area is 152 Å². The zero-order chi connectivity index (χ0) is 19.1. The first-order valence-electron chi connectivity index (χ1n) is 8.15. The number of benzene rings is 2. The molecule has 0 saturated heterocycles. The highest BCUT2D eigenvalue weighted by atomic mass is 16.6. The minimum absolute atomic E-state index is 0.000815. The van der Waals surface area contributed by atoms with Crippen molar-refractivity contribution in [3.8, 4) is 0 Å². The molecule has 0 aliphatic carbocycles. The fourth-order valence-corrected chi connectivity index (χ4v) is 3.17. The van der Waals surface area contributed by atoms with Gasteiger partial charge in [0.1, 0.15) is 5.82 Å². The van der Waals surface area contributed by atoms with E-state index < -0.39 is 10.9 Å². The maximum absolute atomic E-state index is 12.7. The number of hydrogen-bond donors (Lipinski definition) is 0. The number of aromatic carboxylic acids is 1. The highest BCUT2D eigenvalue weighted by Crippen LogP contribution is 2.28. The number of carbonyl (C=O) groups excluding carboxylic acids is 1. The van der Waals surface area contributed by atoms with Crippen LogP contribution in [-0.4, -0.2) is 20.4 Å². The molecule has 0 spiro atoms. The molecule has 0 fully saturated rings. The smallest absolute Gasteiger partial charge is 0.269 e. The minimum atomic E-state index is -1.33. The van der Waals surface area contributed by atoms with Gasteiger partial charge in [-0.05, 0) is 53.5 Å². The van der Waals surface area contributed by atoms with Gasteiger partial charge in [0.2, 0.25) is 0 Å². The molecule has 0 N–H and O–H groups in total. The number of allylic oxidation sites excluding steroid dienone is 1. The van der Waals surface area contributed by atoms with Gasteiger partial charge in [-0.25, -0.2) is 4.98 Å². The van der Waals surface area contributed by atoms with Gasteiger partial charge in [0.25, 0.3) is 11.2 Å². The van der Waals surface area contributed by atoms with Crippen molar-refractivity contribution in [3.05, 3.63) is 79.9 Å². The van der Waals surface area contributed by atoms with E-state index in [2.05, 4.69) is 4.98 Å². The van der Waals surface area contributed by atoms with Gasteiger partial charge in [-0.15, -0.1) is 0 Å².